The molecule has 11 heteroatoms. The fourth-order valence-corrected chi connectivity index (χ4v) is 13.4. The highest BCUT2D eigenvalue weighted by molar-refractivity contribution is 6.78. The van der Waals surface area contributed by atoms with E-state index in [1.807, 2.05) is 12.1 Å². The summed E-state index contributed by atoms with van der Waals surface area (Å²) in [6, 6.07) is 34.7. The molecule has 0 spiro atoms. The van der Waals surface area contributed by atoms with Gasteiger partial charge in [-0.25, -0.2) is 25.0 Å². The first kappa shape index (κ1) is 30.5. The van der Waals surface area contributed by atoms with Crippen LogP contribution < -0.4 is 10.8 Å². The second-order valence-corrected chi connectivity index (χ2v) is 20.6. The van der Waals surface area contributed by atoms with Gasteiger partial charge in [-0.1, -0.05) is 97.1 Å². The van der Waals surface area contributed by atoms with Crippen LogP contribution >= 0.6 is 0 Å². The number of amidine groups is 3. The molecule has 4 aliphatic rings. The van der Waals surface area contributed by atoms with Gasteiger partial charge in [0.1, 0.15) is 17.1 Å². The average Bonchev–Trinajstić information content (AvgIpc) is 3.84. The lowest BCUT2D eigenvalue weighted by molar-refractivity contribution is 0.403. The van der Waals surface area contributed by atoms with E-state index >= 15 is 0 Å². The van der Waals surface area contributed by atoms with Crippen LogP contribution in [0.2, 0.25) is 19.1 Å². The summed E-state index contributed by atoms with van der Waals surface area (Å²) in [5.74, 6) is 3.58. The number of benzene rings is 4. The second kappa shape index (κ2) is 11.3. The van der Waals surface area contributed by atoms with Gasteiger partial charge in [0.15, 0.2) is 25.8 Å². The van der Waals surface area contributed by atoms with Gasteiger partial charge in [-0.15, -0.1) is 0 Å². The molecule has 4 aromatic carbocycles. The highest BCUT2D eigenvalue weighted by Crippen LogP contribution is 2.41. The molecule has 9 nitrogen and oxygen atoms in total. The van der Waals surface area contributed by atoms with Gasteiger partial charge < -0.3 is 13.2 Å². The van der Waals surface area contributed by atoms with Crippen LogP contribution in [0.4, 0.5) is 11.6 Å². The lowest BCUT2D eigenvalue weighted by Gasteiger charge is -2.30. The molecular formula is C40H35N8OSi2. The monoisotopic (exact) mass is 699 g/mol. The maximum absolute atomic E-state index is 7.74. The highest BCUT2D eigenvalue weighted by Gasteiger charge is 2.40. The quantitative estimate of drug-likeness (QED) is 0.191. The third-order valence-electron chi connectivity index (χ3n) is 10.1. The number of hydrogen-bond acceptors (Lipinski definition) is 7. The van der Waals surface area contributed by atoms with Gasteiger partial charge in [-0.2, -0.15) is 0 Å². The topological polar surface area (TPSA) is 84.1 Å². The van der Waals surface area contributed by atoms with E-state index in [0.717, 1.165) is 91.0 Å². The molecule has 6 heterocycles. The zero-order valence-corrected chi connectivity index (χ0v) is 30.9. The Morgan fingerprint density at radius 2 is 1.14 bits per heavy atom. The Kier molecular flexibility index (Phi) is 6.78. The Morgan fingerprint density at radius 1 is 0.608 bits per heavy atom. The average molecular weight is 700 g/mol. The van der Waals surface area contributed by atoms with E-state index < -0.39 is 17.7 Å². The first-order valence-corrected chi connectivity index (χ1v) is 21.9. The molecule has 4 aliphatic heterocycles. The molecule has 0 saturated heterocycles. The van der Waals surface area contributed by atoms with Crippen molar-refractivity contribution >= 4 is 80.2 Å². The van der Waals surface area contributed by atoms with Crippen molar-refractivity contribution in [3.8, 4) is 0 Å². The van der Waals surface area contributed by atoms with E-state index in [9.17, 15) is 0 Å². The molecule has 0 fully saturated rings. The molecule has 0 N–H and O–H groups in total. The minimum absolute atomic E-state index is 0.645. The van der Waals surface area contributed by atoms with E-state index in [1.54, 1.807) is 0 Å². The Morgan fingerprint density at radius 3 is 1.78 bits per heavy atom. The van der Waals surface area contributed by atoms with Crippen molar-refractivity contribution in [2.24, 2.45) is 25.0 Å². The van der Waals surface area contributed by atoms with Crippen LogP contribution in [0, 0.1) is 0 Å². The van der Waals surface area contributed by atoms with Crippen LogP contribution in [0.1, 0.15) is 28.7 Å². The SMILES string of the molecule is CN(C)CCC[Si](C)(C)O[Si]1n2c3c4ccccc4c2N=C2N=C(N=c4c5ccccc5c(n41)=CC1=NC(=N3)c3ccccc31)c1ccccc12. The molecular weight excluding hydrogens is 665 g/mol. The Labute approximate surface area is 298 Å². The van der Waals surface area contributed by atoms with Gasteiger partial charge in [0, 0.05) is 49.1 Å². The highest BCUT2D eigenvalue weighted by atomic mass is 28.4. The number of fused-ring (bicyclic) bond motifs is 14. The number of aliphatic imine (C=N–C) groups is 4. The fourth-order valence-electron chi connectivity index (χ4n) is 7.66. The van der Waals surface area contributed by atoms with Crippen LogP contribution in [0.15, 0.2) is 122 Å². The van der Waals surface area contributed by atoms with Crippen molar-refractivity contribution in [1.29, 1.82) is 0 Å². The van der Waals surface area contributed by atoms with Gasteiger partial charge in [0.2, 0.25) is 0 Å². The number of rotatable bonds is 6. The molecule has 0 saturated carbocycles. The third kappa shape index (κ3) is 4.76. The van der Waals surface area contributed by atoms with E-state index in [2.05, 4.69) is 132 Å². The first-order valence-electron chi connectivity index (χ1n) is 17.4. The maximum Gasteiger partial charge on any atom is 0.484 e. The van der Waals surface area contributed by atoms with Crippen LogP contribution in [0.5, 0.6) is 0 Å². The predicted molar refractivity (Wildman–Crippen MR) is 211 cm³/mol. The molecule has 0 aliphatic carbocycles. The van der Waals surface area contributed by atoms with Gasteiger partial charge >= 0.3 is 9.36 Å². The summed E-state index contributed by atoms with van der Waals surface area (Å²) in [5.41, 5.74) is 5.72. The molecule has 0 atom stereocenters. The Bertz CT molecular complexity index is 2570. The van der Waals surface area contributed by atoms with Crippen LogP contribution in [0.3, 0.4) is 0 Å². The largest absolute Gasteiger partial charge is 0.484 e. The van der Waals surface area contributed by atoms with E-state index in [0.29, 0.717) is 17.5 Å². The van der Waals surface area contributed by atoms with Gasteiger partial charge in [-0.05, 0) is 52.3 Å². The summed E-state index contributed by atoms with van der Waals surface area (Å²) in [4.78, 5) is 29.1. The minimum Gasteiger partial charge on any atom is -0.423 e. The summed E-state index contributed by atoms with van der Waals surface area (Å²) in [5, 5.41) is 5.14. The number of hydrogen-bond donors (Lipinski definition) is 0. The summed E-state index contributed by atoms with van der Waals surface area (Å²) >= 11 is 0. The zero-order valence-electron chi connectivity index (χ0n) is 28.9. The van der Waals surface area contributed by atoms with Gasteiger partial charge in [0.05, 0.1) is 5.71 Å². The lowest BCUT2D eigenvalue weighted by Crippen LogP contribution is -2.53. The fraction of sp³-hybridized carbons (Fsp3) is 0.175. The summed E-state index contributed by atoms with van der Waals surface area (Å²) in [7, 11) is -0.281. The molecule has 0 unspecified atom stereocenters. The lowest BCUT2D eigenvalue weighted by atomic mass is 10.0. The first-order chi connectivity index (χ1) is 24.8. The standard InChI is InChI=1S/C40H35N8OSi2/c1-46(2)22-13-23-51(3,4)49-50-47-34-24-33-25-14-5-7-16-27(25)35(41-33)43-39-31-20-11-12-21-32(31)40(48(39)50)45-37-29-18-9-8-17-28(29)36(42-37)44-38(47)30-19-10-6-15-26(30)34/h5-12,14-21,24H,13,22-23H2,1-4H3. The van der Waals surface area contributed by atoms with Crippen molar-refractivity contribution in [3.63, 3.8) is 0 Å². The minimum atomic E-state index is -2.32. The predicted octanol–water partition coefficient (Wildman–Crippen LogP) is 6.30. The van der Waals surface area contributed by atoms with Gasteiger partial charge in [-0.3, -0.25) is 4.23 Å². The van der Waals surface area contributed by atoms with Crippen molar-refractivity contribution in [2.45, 2.75) is 25.6 Å². The smallest absolute Gasteiger partial charge is 0.423 e. The molecule has 1 radical (unpaired) electrons. The van der Waals surface area contributed by atoms with Crippen molar-refractivity contribution in [3.05, 3.63) is 130 Å². The summed E-state index contributed by atoms with van der Waals surface area (Å²) in [6.07, 6.45) is 3.28. The van der Waals surface area contributed by atoms with Crippen LogP contribution in [-0.2, 0) is 4.12 Å². The molecule has 6 aromatic rings. The molecule has 249 valence electrons. The second-order valence-electron chi connectivity index (χ2n) is 14.3. The van der Waals surface area contributed by atoms with Crippen molar-refractivity contribution < 1.29 is 4.12 Å². The Hall–Kier alpha value is -5.34. The van der Waals surface area contributed by atoms with Gasteiger partial charge in [0.25, 0.3) is 0 Å². The molecule has 6 bridgehead atoms. The molecule has 2 aromatic heterocycles. The van der Waals surface area contributed by atoms with E-state index in [-0.39, 0.29) is 0 Å². The summed E-state index contributed by atoms with van der Waals surface area (Å²) in [6.45, 7) is 5.71. The van der Waals surface area contributed by atoms with Crippen molar-refractivity contribution in [1.82, 2.24) is 13.4 Å². The zero-order chi connectivity index (χ0) is 34.4. The third-order valence-corrected chi connectivity index (χ3v) is 16.2. The van der Waals surface area contributed by atoms with Crippen molar-refractivity contribution in [2.75, 3.05) is 20.6 Å². The van der Waals surface area contributed by atoms with Crippen LogP contribution in [-0.4, -0.2) is 74.9 Å². The molecule has 10 rings (SSSR count). The Balaban J connectivity index is 1.41. The van der Waals surface area contributed by atoms with Crippen LogP contribution in [0.25, 0.3) is 27.6 Å². The summed E-state index contributed by atoms with van der Waals surface area (Å²) < 4.78 is 12.4. The van der Waals surface area contributed by atoms with E-state index in [4.69, 9.17) is 29.1 Å². The molecule has 0 amide bonds. The maximum atomic E-state index is 7.74. The number of aromatic nitrogens is 2. The number of nitrogens with zero attached hydrogens (tertiary/aromatic N) is 8. The normalized spacial score (nSPS) is 15.9. The van der Waals surface area contributed by atoms with E-state index in [1.165, 1.54) is 0 Å². The molecule has 51 heavy (non-hydrogen) atoms.